The summed E-state index contributed by atoms with van der Waals surface area (Å²) < 4.78 is 23.4. The molecule has 0 saturated carbocycles. The van der Waals surface area contributed by atoms with Gasteiger partial charge in [-0.1, -0.05) is 37.3 Å². The highest BCUT2D eigenvalue weighted by Crippen LogP contribution is 2.25. The molecule has 2 aromatic rings. The molecule has 0 N–H and O–H groups in total. The lowest BCUT2D eigenvalue weighted by Gasteiger charge is -2.38. The Kier molecular flexibility index (Phi) is 4.01. The van der Waals surface area contributed by atoms with Crippen LogP contribution in [0, 0.1) is 0 Å². The lowest BCUT2D eigenvalue weighted by Crippen LogP contribution is -2.57. The highest BCUT2D eigenvalue weighted by Gasteiger charge is 2.39. The SMILES string of the molecule is CCS(=O)(=O)C1CN(C(=O)c2csc(-c3ccccc3)n2)C1. The molecule has 0 radical (unpaired) electrons. The van der Waals surface area contributed by atoms with Gasteiger partial charge in [0, 0.05) is 29.8 Å². The van der Waals surface area contributed by atoms with Crippen LogP contribution in [0.1, 0.15) is 17.4 Å². The summed E-state index contributed by atoms with van der Waals surface area (Å²) in [5.41, 5.74) is 1.36. The van der Waals surface area contributed by atoms with Crippen LogP contribution in [0.4, 0.5) is 0 Å². The molecule has 1 saturated heterocycles. The predicted molar refractivity (Wildman–Crippen MR) is 86.7 cm³/mol. The van der Waals surface area contributed by atoms with Gasteiger partial charge >= 0.3 is 0 Å². The van der Waals surface area contributed by atoms with Gasteiger partial charge in [0.15, 0.2) is 9.84 Å². The second kappa shape index (κ2) is 5.81. The van der Waals surface area contributed by atoms with Gasteiger partial charge in [-0.05, 0) is 0 Å². The molecule has 0 unspecified atom stereocenters. The Morgan fingerprint density at radius 3 is 2.64 bits per heavy atom. The van der Waals surface area contributed by atoms with Gasteiger partial charge in [-0.25, -0.2) is 13.4 Å². The standard InChI is InChI=1S/C15H16N2O3S2/c1-2-22(19,20)12-8-17(9-12)15(18)13-10-21-14(16-13)11-6-4-3-5-7-11/h3-7,10,12H,2,8-9H2,1H3. The van der Waals surface area contributed by atoms with Crippen molar-refractivity contribution in [3.63, 3.8) is 0 Å². The smallest absolute Gasteiger partial charge is 0.273 e. The van der Waals surface area contributed by atoms with Crippen LogP contribution >= 0.6 is 11.3 Å². The number of carbonyl (C=O) groups excluding carboxylic acids is 1. The molecule has 1 aromatic heterocycles. The third-order valence-electron chi connectivity index (χ3n) is 3.79. The van der Waals surface area contributed by atoms with E-state index in [-0.39, 0.29) is 24.7 Å². The predicted octanol–water partition coefficient (Wildman–Crippen LogP) is 2.07. The van der Waals surface area contributed by atoms with E-state index in [0.717, 1.165) is 10.6 Å². The minimum Gasteiger partial charge on any atom is -0.335 e. The zero-order chi connectivity index (χ0) is 15.7. The molecule has 1 aliphatic rings. The summed E-state index contributed by atoms with van der Waals surface area (Å²) in [6.45, 7) is 2.17. The minimum absolute atomic E-state index is 0.120. The van der Waals surface area contributed by atoms with Gasteiger partial charge in [-0.2, -0.15) is 0 Å². The topological polar surface area (TPSA) is 67.3 Å². The van der Waals surface area contributed by atoms with Gasteiger partial charge in [0.05, 0.1) is 5.25 Å². The summed E-state index contributed by atoms with van der Waals surface area (Å²) in [6.07, 6.45) is 0. The molecule has 22 heavy (non-hydrogen) atoms. The normalized spacial score (nSPS) is 15.6. The number of carbonyl (C=O) groups is 1. The van der Waals surface area contributed by atoms with Crippen molar-refractivity contribution in [1.82, 2.24) is 9.88 Å². The molecule has 116 valence electrons. The molecule has 1 aliphatic heterocycles. The van der Waals surface area contributed by atoms with Crippen molar-refractivity contribution in [2.24, 2.45) is 0 Å². The summed E-state index contributed by atoms with van der Waals surface area (Å²) in [6, 6.07) is 9.67. The maximum Gasteiger partial charge on any atom is 0.273 e. The molecule has 5 nitrogen and oxygen atoms in total. The number of hydrogen-bond donors (Lipinski definition) is 0. The van der Waals surface area contributed by atoms with Gasteiger partial charge in [0.25, 0.3) is 5.91 Å². The van der Waals surface area contributed by atoms with Gasteiger partial charge in [0.1, 0.15) is 10.7 Å². The molecule has 3 rings (SSSR count). The number of amides is 1. The molecule has 0 atom stereocenters. The van der Waals surface area contributed by atoms with E-state index in [9.17, 15) is 13.2 Å². The number of hydrogen-bond acceptors (Lipinski definition) is 5. The molecule has 0 bridgehead atoms. The first-order valence-corrected chi connectivity index (χ1v) is 9.62. The van der Waals surface area contributed by atoms with E-state index in [2.05, 4.69) is 4.98 Å². The fourth-order valence-electron chi connectivity index (χ4n) is 2.31. The Morgan fingerprint density at radius 2 is 2.00 bits per heavy atom. The first-order valence-electron chi connectivity index (χ1n) is 7.03. The number of likely N-dealkylation sites (tertiary alicyclic amines) is 1. The van der Waals surface area contributed by atoms with E-state index >= 15 is 0 Å². The van der Waals surface area contributed by atoms with Crippen LogP contribution in [-0.4, -0.2) is 48.3 Å². The van der Waals surface area contributed by atoms with E-state index in [1.807, 2.05) is 30.3 Å². The van der Waals surface area contributed by atoms with Gasteiger partial charge in [-0.15, -0.1) is 11.3 Å². The van der Waals surface area contributed by atoms with Crippen molar-refractivity contribution in [3.05, 3.63) is 41.4 Å². The maximum absolute atomic E-state index is 12.3. The third kappa shape index (κ3) is 2.78. The quantitative estimate of drug-likeness (QED) is 0.857. The van der Waals surface area contributed by atoms with Crippen LogP contribution in [0.25, 0.3) is 10.6 Å². The van der Waals surface area contributed by atoms with Crippen molar-refractivity contribution >= 4 is 27.1 Å². The molecular formula is C15H16N2O3S2. The Labute approximate surface area is 133 Å². The second-order valence-electron chi connectivity index (χ2n) is 5.19. The maximum atomic E-state index is 12.3. The Bertz CT molecular complexity index is 778. The number of sulfone groups is 1. The number of thiazole rings is 1. The average Bonchev–Trinajstić information content (AvgIpc) is 2.96. The van der Waals surface area contributed by atoms with Crippen LogP contribution < -0.4 is 0 Å². The van der Waals surface area contributed by atoms with Crippen LogP contribution in [-0.2, 0) is 9.84 Å². The molecule has 2 heterocycles. The molecule has 1 fully saturated rings. The fourth-order valence-corrected chi connectivity index (χ4v) is 4.40. The van der Waals surface area contributed by atoms with E-state index in [1.54, 1.807) is 17.2 Å². The summed E-state index contributed by atoms with van der Waals surface area (Å²) >= 11 is 1.42. The van der Waals surface area contributed by atoms with Gasteiger partial charge in [-0.3, -0.25) is 4.79 Å². The average molecular weight is 336 g/mol. The largest absolute Gasteiger partial charge is 0.335 e. The van der Waals surface area contributed by atoms with Crippen LogP contribution in [0.2, 0.25) is 0 Å². The Hall–Kier alpha value is -1.73. The third-order valence-corrected chi connectivity index (χ3v) is 6.80. The molecule has 0 aliphatic carbocycles. The fraction of sp³-hybridized carbons (Fsp3) is 0.333. The van der Waals surface area contributed by atoms with Crippen molar-refractivity contribution in [1.29, 1.82) is 0 Å². The van der Waals surface area contributed by atoms with Crippen LogP contribution in [0.5, 0.6) is 0 Å². The molecule has 0 spiro atoms. The lowest BCUT2D eigenvalue weighted by molar-refractivity contribution is 0.0654. The highest BCUT2D eigenvalue weighted by molar-refractivity contribution is 7.92. The molecule has 1 aromatic carbocycles. The first kappa shape index (κ1) is 15.2. The number of nitrogens with zero attached hydrogens (tertiary/aromatic N) is 2. The number of aromatic nitrogens is 1. The van der Waals surface area contributed by atoms with Crippen LogP contribution in [0.15, 0.2) is 35.7 Å². The van der Waals surface area contributed by atoms with E-state index in [0.29, 0.717) is 5.69 Å². The summed E-state index contributed by atoms with van der Waals surface area (Å²) in [5, 5.41) is 2.10. The number of benzene rings is 1. The van der Waals surface area contributed by atoms with Crippen molar-refractivity contribution in [3.8, 4) is 10.6 Å². The van der Waals surface area contributed by atoms with E-state index < -0.39 is 15.1 Å². The lowest BCUT2D eigenvalue weighted by atomic mass is 10.2. The van der Waals surface area contributed by atoms with E-state index in [1.165, 1.54) is 11.3 Å². The van der Waals surface area contributed by atoms with Crippen molar-refractivity contribution in [2.75, 3.05) is 18.8 Å². The van der Waals surface area contributed by atoms with E-state index in [4.69, 9.17) is 0 Å². The monoisotopic (exact) mass is 336 g/mol. The molecule has 7 heteroatoms. The Balaban J connectivity index is 1.69. The summed E-state index contributed by atoms with van der Waals surface area (Å²) in [7, 11) is -3.06. The minimum atomic E-state index is -3.06. The first-order chi connectivity index (χ1) is 10.5. The summed E-state index contributed by atoms with van der Waals surface area (Å²) in [4.78, 5) is 18.2. The van der Waals surface area contributed by atoms with Gasteiger partial charge in [0.2, 0.25) is 0 Å². The van der Waals surface area contributed by atoms with Gasteiger partial charge < -0.3 is 4.90 Å². The zero-order valence-electron chi connectivity index (χ0n) is 12.1. The summed E-state index contributed by atoms with van der Waals surface area (Å²) in [5.74, 6) is -0.0739. The second-order valence-corrected chi connectivity index (χ2v) is 8.62. The Morgan fingerprint density at radius 1 is 1.32 bits per heavy atom. The molecular weight excluding hydrogens is 320 g/mol. The van der Waals surface area contributed by atoms with Crippen LogP contribution in [0.3, 0.4) is 0 Å². The number of rotatable bonds is 4. The highest BCUT2D eigenvalue weighted by atomic mass is 32.2. The van der Waals surface area contributed by atoms with Crippen molar-refractivity contribution in [2.45, 2.75) is 12.2 Å². The zero-order valence-corrected chi connectivity index (χ0v) is 13.7. The molecule has 1 amide bonds. The van der Waals surface area contributed by atoms with Crippen molar-refractivity contribution < 1.29 is 13.2 Å².